The molecule has 7 heteroatoms. The fourth-order valence-corrected chi connectivity index (χ4v) is 2.53. The van der Waals surface area contributed by atoms with Crippen LogP contribution in [0.4, 0.5) is 0 Å². The fourth-order valence-electron chi connectivity index (χ4n) is 2.53. The highest BCUT2D eigenvalue weighted by molar-refractivity contribution is 5.82. The first-order valence-electron chi connectivity index (χ1n) is 6.63. The molecule has 1 fully saturated rings. The van der Waals surface area contributed by atoms with Gasteiger partial charge in [-0.3, -0.25) is 9.59 Å². The van der Waals surface area contributed by atoms with E-state index in [1.807, 2.05) is 0 Å². The molecule has 2 unspecified atom stereocenters. The standard InChI is InChI=1S/C14H15N3O4/c1-21-9-2-3-10-8(6-9)7-15-17(14(10)20)11-4-5-12(18)16-13(11)19/h2-3,6-7,11,13,19H,4-5H2,1H3,(H,16,18). The first kappa shape index (κ1) is 13.6. The highest BCUT2D eigenvalue weighted by Crippen LogP contribution is 2.21. The molecule has 21 heavy (non-hydrogen) atoms. The SMILES string of the molecule is COc1ccc2c(=O)n(C3CCC(=O)NC3O)ncc2c1. The van der Waals surface area contributed by atoms with E-state index in [2.05, 4.69) is 10.4 Å². The lowest BCUT2D eigenvalue weighted by Gasteiger charge is -2.28. The molecular weight excluding hydrogens is 274 g/mol. The number of aliphatic hydroxyl groups excluding tert-OH is 1. The zero-order valence-electron chi connectivity index (χ0n) is 11.4. The molecule has 1 amide bonds. The monoisotopic (exact) mass is 289 g/mol. The molecule has 7 nitrogen and oxygen atoms in total. The number of nitrogens with one attached hydrogen (secondary N) is 1. The summed E-state index contributed by atoms with van der Waals surface area (Å²) in [4.78, 5) is 23.7. The van der Waals surface area contributed by atoms with Crippen LogP contribution in [0.25, 0.3) is 10.8 Å². The predicted molar refractivity (Wildman–Crippen MR) is 75.0 cm³/mol. The van der Waals surface area contributed by atoms with Gasteiger partial charge in [0, 0.05) is 11.8 Å². The predicted octanol–water partition coefficient (Wildman–Crippen LogP) is 0.175. The van der Waals surface area contributed by atoms with Crippen molar-refractivity contribution in [2.75, 3.05) is 7.11 Å². The van der Waals surface area contributed by atoms with Crippen molar-refractivity contribution in [2.24, 2.45) is 0 Å². The molecule has 2 aromatic rings. The molecule has 0 saturated carbocycles. The number of amides is 1. The number of carbonyl (C=O) groups excluding carboxylic acids is 1. The number of methoxy groups -OCH3 is 1. The van der Waals surface area contributed by atoms with Crippen LogP contribution in [-0.2, 0) is 4.79 Å². The molecule has 2 atom stereocenters. The molecule has 1 aliphatic rings. The summed E-state index contributed by atoms with van der Waals surface area (Å²) >= 11 is 0. The van der Waals surface area contributed by atoms with Crippen LogP contribution in [0.5, 0.6) is 5.75 Å². The van der Waals surface area contributed by atoms with Crippen LogP contribution in [-0.4, -0.2) is 34.1 Å². The Morgan fingerprint density at radius 1 is 1.43 bits per heavy atom. The van der Waals surface area contributed by atoms with E-state index >= 15 is 0 Å². The molecule has 2 N–H and O–H groups in total. The van der Waals surface area contributed by atoms with Gasteiger partial charge in [-0.25, -0.2) is 4.68 Å². The molecule has 0 radical (unpaired) electrons. The Labute approximate surface area is 120 Å². The molecule has 0 spiro atoms. The van der Waals surface area contributed by atoms with Crippen LogP contribution in [0.3, 0.4) is 0 Å². The summed E-state index contributed by atoms with van der Waals surface area (Å²) < 4.78 is 6.35. The lowest BCUT2D eigenvalue weighted by Crippen LogP contribution is -2.48. The van der Waals surface area contributed by atoms with E-state index in [-0.39, 0.29) is 17.9 Å². The Bertz CT molecular complexity index is 755. The maximum absolute atomic E-state index is 12.5. The van der Waals surface area contributed by atoms with Gasteiger partial charge < -0.3 is 15.2 Å². The largest absolute Gasteiger partial charge is 0.497 e. The summed E-state index contributed by atoms with van der Waals surface area (Å²) in [5, 5.41) is 17.6. The Hall–Kier alpha value is -2.41. The highest BCUT2D eigenvalue weighted by atomic mass is 16.5. The van der Waals surface area contributed by atoms with Gasteiger partial charge in [-0.15, -0.1) is 0 Å². The molecule has 1 saturated heterocycles. The number of aromatic nitrogens is 2. The number of rotatable bonds is 2. The van der Waals surface area contributed by atoms with Crippen molar-refractivity contribution in [1.82, 2.24) is 15.1 Å². The third-order valence-corrected chi connectivity index (χ3v) is 3.67. The number of hydrogen-bond donors (Lipinski definition) is 2. The third-order valence-electron chi connectivity index (χ3n) is 3.67. The smallest absolute Gasteiger partial charge is 0.275 e. The van der Waals surface area contributed by atoms with Crippen molar-refractivity contribution < 1.29 is 14.6 Å². The number of piperidine rings is 1. The van der Waals surface area contributed by atoms with E-state index in [1.165, 1.54) is 4.68 Å². The molecule has 0 bridgehead atoms. The quantitative estimate of drug-likeness (QED) is 0.822. The van der Waals surface area contributed by atoms with Gasteiger partial charge in [0.15, 0.2) is 0 Å². The van der Waals surface area contributed by atoms with Gasteiger partial charge in [0.05, 0.1) is 18.7 Å². The number of nitrogens with zero attached hydrogens (tertiary/aromatic N) is 2. The zero-order chi connectivity index (χ0) is 15.0. The Morgan fingerprint density at radius 3 is 2.95 bits per heavy atom. The number of ether oxygens (including phenoxy) is 1. The maximum Gasteiger partial charge on any atom is 0.275 e. The van der Waals surface area contributed by atoms with E-state index in [4.69, 9.17) is 4.74 Å². The van der Waals surface area contributed by atoms with Crippen LogP contribution in [0.15, 0.2) is 29.2 Å². The van der Waals surface area contributed by atoms with Gasteiger partial charge in [-0.05, 0) is 24.6 Å². The first-order valence-corrected chi connectivity index (χ1v) is 6.63. The molecule has 1 aromatic heterocycles. The van der Waals surface area contributed by atoms with Crippen molar-refractivity contribution in [3.8, 4) is 5.75 Å². The van der Waals surface area contributed by atoms with Gasteiger partial charge in [-0.1, -0.05) is 0 Å². The topological polar surface area (TPSA) is 93.5 Å². The van der Waals surface area contributed by atoms with E-state index < -0.39 is 12.3 Å². The normalized spacial score (nSPS) is 22.1. The molecule has 1 aromatic carbocycles. The second-order valence-electron chi connectivity index (χ2n) is 4.97. The Balaban J connectivity index is 2.06. The Morgan fingerprint density at radius 2 is 2.24 bits per heavy atom. The summed E-state index contributed by atoms with van der Waals surface area (Å²) in [6.07, 6.45) is 1.09. The van der Waals surface area contributed by atoms with Crippen molar-refractivity contribution in [3.63, 3.8) is 0 Å². The average Bonchev–Trinajstić information content (AvgIpc) is 2.48. The maximum atomic E-state index is 12.5. The van der Waals surface area contributed by atoms with Gasteiger partial charge in [0.2, 0.25) is 5.91 Å². The van der Waals surface area contributed by atoms with Gasteiger partial charge in [-0.2, -0.15) is 5.10 Å². The zero-order valence-corrected chi connectivity index (χ0v) is 11.4. The van der Waals surface area contributed by atoms with Crippen LogP contribution < -0.4 is 15.6 Å². The second kappa shape index (κ2) is 5.17. The Kier molecular flexibility index (Phi) is 3.34. The first-order chi connectivity index (χ1) is 10.1. The van der Waals surface area contributed by atoms with Crippen molar-refractivity contribution >= 4 is 16.7 Å². The molecule has 110 valence electrons. The fraction of sp³-hybridized carbons (Fsp3) is 0.357. The van der Waals surface area contributed by atoms with E-state index in [9.17, 15) is 14.7 Å². The minimum atomic E-state index is -1.10. The number of carbonyl (C=O) groups is 1. The summed E-state index contributed by atoms with van der Waals surface area (Å²) in [6, 6.07) is 4.55. The van der Waals surface area contributed by atoms with E-state index in [0.29, 0.717) is 22.9 Å². The molecule has 0 aliphatic carbocycles. The summed E-state index contributed by atoms with van der Waals surface area (Å²) in [7, 11) is 1.55. The molecular formula is C14H15N3O4. The highest BCUT2D eigenvalue weighted by Gasteiger charge is 2.30. The number of aliphatic hydroxyl groups is 1. The minimum absolute atomic E-state index is 0.225. The van der Waals surface area contributed by atoms with E-state index in [1.54, 1.807) is 31.5 Å². The minimum Gasteiger partial charge on any atom is -0.497 e. The van der Waals surface area contributed by atoms with Crippen molar-refractivity contribution in [2.45, 2.75) is 25.1 Å². The number of benzene rings is 1. The lowest BCUT2D eigenvalue weighted by atomic mass is 10.1. The average molecular weight is 289 g/mol. The van der Waals surface area contributed by atoms with Crippen LogP contribution in [0, 0.1) is 0 Å². The van der Waals surface area contributed by atoms with Gasteiger partial charge in [0.25, 0.3) is 5.56 Å². The van der Waals surface area contributed by atoms with Gasteiger partial charge >= 0.3 is 0 Å². The van der Waals surface area contributed by atoms with E-state index in [0.717, 1.165) is 0 Å². The van der Waals surface area contributed by atoms with Crippen LogP contribution in [0.2, 0.25) is 0 Å². The van der Waals surface area contributed by atoms with Crippen molar-refractivity contribution in [1.29, 1.82) is 0 Å². The number of fused-ring (bicyclic) bond motifs is 1. The summed E-state index contributed by atoms with van der Waals surface area (Å²) in [5.41, 5.74) is -0.296. The summed E-state index contributed by atoms with van der Waals surface area (Å²) in [5.74, 6) is 0.420. The van der Waals surface area contributed by atoms with Gasteiger partial charge in [0.1, 0.15) is 18.0 Å². The third kappa shape index (κ3) is 2.36. The molecule has 2 heterocycles. The molecule has 3 rings (SSSR count). The van der Waals surface area contributed by atoms with Crippen LogP contribution >= 0.6 is 0 Å². The number of hydrogen-bond acceptors (Lipinski definition) is 5. The summed E-state index contributed by atoms with van der Waals surface area (Å²) in [6.45, 7) is 0. The van der Waals surface area contributed by atoms with Crippen molar-refractivity contribution in [3.05, 3.63) is 34.7 Å². The molecule has 1 aliphatic heterocycles. The second-order valence-corrected chi connectivity index (χ2v) is 4.97. The van der Waals surface area contributed by atoms with Crippen LogP contribution in [0.1, 0.15) is 18.9 Å². The lowest BCUT2D eigenvalue weighted by molar-refractivity contribution is -0.128.